The molecule has 40 heavy (non-hydrogen) atoms. The van der Waals surface area contributed by atoms with Crippen LogP contribution in [-0.2, 0) is 56.8 Å². The van der Waals surface area contributed by atoms with Crippen LogP contribution in [0, 0.1) is 0 Å². The van der Waals surface area contributed by atoms with Gasteiger partial charge >= 0.3 is 0 Å². The maximum atomic E-state index is 6.28. The van der Waals surface area contributed by atoms with Crippen LogP contribution in [0.3, 0.4) is 0 Å². The van der Waals surface area contributed by atoms with Crippen molar-refractivity contribution in [1.82, 2.24) is 0 Å². The molecular formula is C28H44O12. The average Bonchev–Trinajstić information content (AvgIpc) is 3.63. The molecule has 0 bridgehead atoms. The molecule has 12 heteroatoms. The molecule has 6 heterocycles. The van der Waals surface area contributed by atoms with Crippen LogP contribution < -0.4 is 0 Å². The van der Waals surface area contributed by atoms with E-state index in [1.54, 1.807) is 0 Å². The first-order valence-corrected chi connectivity index (χ1v) is 14.2. The molecule has 10 atom stereocenters. The van der Waals surface area contributed by atoms with Crippen LogP contribution in [0.2, 0.25) is 0 Å². The van der Waals surface area contributed by atoms with E-state index in [-0.39, 0.29) is 48.8 Å². The Balaban J connectivity index is 1.05. The molecule has 6 rings (SSSR count). The van der Waals surface area contributed by atoms with Crippen LogP contribution in [0.4, 0.5) is 0 Å². The number of ether oxygens (including phenoxy) is 12. The fourth-order valence-electron chi connectivity index (χ4n) is 6.21. The van der Waals surface area contributed by atoms with Crippen LogP contribution in [0.15, 0.2) is 12.2 Å². The standard InChI is InChI=1S/C28H44O12/c1-25(2)31-13-15(35-25)17-19(21-23(33-17)39-27(5,6)37-21)29-11-9-10-12-30-20-18(16-14-32-26(3,4)36-16)34-24-22(20)38-28(7,8)40-24/h9-10,15-24H,11-14H2,1-8H3/b10-9+/t15-,16-,17-,18-,19+,20+,21-,22-,23-,24-/m1/s1. The summed E-state index contributed by atoms with van der Waals surface area (Å²) in [4.78, 5) is 0. The third-order valence-corrected chi connectivity index (χ3v) is 7.78. The summed E-state index contributed by atoms with van der Waals surface area (Å²) in [5.74, 6) is -2.85. The lowest BCUT2D eigenvalue weighted by molar-refractivity contribution is -0.235. The second-order valence-corrected chi connectivity index (χ2v) is 12.9. The molecule has 228 valence electrons. The SMILES string of the molecule is CC1(C)O[C@H]2O[C@H]([C@H]3COC(C)(C)O3)[C@H](OC/C=C/CO[C@@H]3[C@H]4OC(C)(C)O[C@H]4O[C@@H]3[C@H]3COC(C)(C)O3)[C@H]2O1. The molecule has 0 spiro atoms. The molecule has 6 aliphatic rings. The lowest BCUT2D eigenvalue weighted by Gasteiger charge is -2.29. The van der Waals surface area contributed by atoms with E-state index in [1.807, 2.05) is 67.5 Å². The van der Waals surface area contributed by atoms with Crippen molar-refractivity contribution in [2.24, 2.45) is 0 Å². The van der Waals surface area contributed by atoms with Gasteiger partial charge in [-0.2, -0.15) is 0 Å². The quantitative estimate of drug-likeness (QED) is 0.398. The molecule has 6 fully saturated rings. The lowest BCUT2D eigenvalue weighted by atomic mass is 10.1. The third kappa shape index (κ3) is 6.01. The molecule has 0 unspecified atom stereocenters. The van der Waals surface area contributed by atoms with Crippen molar-refractivity contribution in [2.75, 3.05) is 26.4 Å². The monoisotopic (exact) mass is 572 g/mol. The number of rotatable bonds is 8. The highest BCUT2D eigenvalue weighted by molar-refractivity contribution is 5.01. The smallest absolute Gasteiger partial charge is 0.190 e. The zero-order valence-electron chi connectivity index (χ0n) is 24.7. The summed E-state index contributed by atoms with van der Waals surface area (Å²) in [6.45, 7) is 16.5. The van der Waals surface area contributed by atoms with Gasteiger partial charge in [0.1, 0.15) is 48.8 Å². The first kappa shape index (κ1) is 29.3. The minimum absolute atomic E-state index is 0.287. The van der Waals surface area contributed by atoms with E-state index in [1.165, 1.54) is 0 Å². The van der Waals surface area contributed by atoms with Gasteiger partial charge in [0.2, 0.25) is 0 Å². The van der Waals surface area contributed by atoms with Crippen molar-refractivity contribution in [3.63, 3.8) is 0 Å². The molecule has 0 N–H and O–H groups in total. The zero-order valence-corrected chi connectivity index (χ0v) is 24.7. The molecule has 0 aromatic heterocycles. The molecule has 0 amide bonds. The zero-order chi connectivity index (χ0) is 28.5. The summed E-state index contributed by atoms with van der Waals surface area (Å²) >= 11 is 0. The van der Waals surface area contributed by atoms with Gasteiger partial charge in [-0.1, -0.05) is 12.2 Å². The molecule has 12 nitrogen and oxygen atoms in total. The Hall–Kier alpha value is -0.740. The van der Waals surface area contributed by atoms with Gasteiger partial charge < -0.3 is 56.8 Å². The second kappa shape index (κ2) is 10.5. The molecule has 6 saturated heterocycles. The van der Waals surface area contributed by atoms with E-state index < -0.39 is 35.7 Å². The van der Waals surface area contributed by atoms with Gasteiger partial charge in [-0.25, -0.2) is 0 Å². The highest BCUT2D eigenvalue weighted by atomic mass is 16.9. The van der Waals surface area contributed by atoms with Gasteiger partial charge in [-0.3, -0.25) is 0 Å². The van der Waals surface area contributed by atoms with Crippen molar-refractivity contribution in [1.29, 1.82) is 0 Å². The Morgan fingerprint density at radius 2 is 0.925 bits per heavy atom. The van der Waals surface area contributed by atoms with E-state index in [2.05, 4.69) is 0 Å². The summed E-state index contributed by atoms with van der Waals surface area (Å²) in [6, 6.07) is 0. The van der Waals surface area contributed by atoms with E-state index in [9.17, 15) is 0 Å². The minimum atomic E-state index is -0.750. The Morgan fingerprint density at radius 1 is 0.525 bits per heavy atom. The van der Waals surface area contributed by atoms with Gasteiger partial charge in [-0.05, 0) is 55.4 Å². The van der Waals surface area contributed by atoms with Crippen molar-refractivity contribution < 1.29 is 56.8 Å². The molecule has 0 radical (unpaired) electrons. The van der Waals surface area contributed by atoms with Crippen LogP contribution >= 0.6 is 0 Å². The maximum Gasteiger partial charge on any atom is 0.190 e. The highest BCUT2D eigenvalue weighted by Gasteiger charge is 2.60. The Morgan fingerprint density at radius 3 is 1.27 bits per heavy atom. The molecule has 0 aromatic rings. The number of hydrogen-bond donors (Lipinski definition) is 0. The summed E-state index contributed by atoms with van der Waals surface area (Å²) in [6.07, 6.45) is -0.0754. The molecule has 0 aliphatic carbocycles. The number of hydrogen-bond acceptors (Lipinski definition) is 12. The predicted octanol–water partition coefficient (Wildman–Crippen LogP) is 2.37. The van der Waals surface area contributed by atoms with Crippen LogP contribution in [0.5, 0.6) is 0 Å². The maximum absolute atomic E-state index is 6.28. The van der Waals surface area contributed by atoms with Crippen LogP contribution in [-0.4, -0.2) is 111 Å². The van der Waals surface area contributed by atoms with E-state index in [4.69, 9.17) is 56.8 Å². The summed E-state index contributed by atoms with van der Waals surface area (Å²) in [5, 5.41) is 0. The van der Waals surface area contributed by atoms with Gasteiger partial charge in [0.15, 0.2) is 35.7 Å². The molecule has 0 saturated carbocycles. The first-order valence-electron chi connectivity index (χ1n) is 14.2. The van der Waals surface area contributed by atoms with Crippen LogP contribution in [0.25, 0.3) is 0 Å². The molecule has 0 aromatic carbocycles. The number of fused-ring (bicyclic) bond motifs is 2. The summed E-state index contributed by atoms with van der Waals surface area (Å²) in [5.41, 5.74) is 0. The topological polar surface area (TPSA) is 111 Å². The normalized spacial score (nSPS) is 46.4. The van der Waals surface area contributed by atoms with Crippen molar-refractivity contribution in [2.45, 2.75) is 140 Å². The van der Waals surface area contributed by atoms with Crippen molar-refractivity contribution in [3.8, 4) is 0 Å². The van der Waals surface area contributed by atoms with Crippen LogP contribution in [0.1, 0.15) is 55.4 Å². The van der Waals surface area contributed by atoms with Gasteiger partial charge in [0.25, 0.3) is 0 Å². The minimum Gasteiger partial charge on any atom is -0.368 e. The van der Waals surface area contributed by atoms with Gasteiger partial charge in [0.05, 0.1) is 26.4 Å². The van der Waals surface area contributed by atoms with Gasteiger partial charge in [-0.15, -0.1) is 0 Å². The Labute approximate surface area is 235 Å². The fourth-order valence-corrected chi connectivity index (χ4v) is 6.21. The lowest BCUT2D eigenvalue weighted by Crippen LogP contribution is -2.44. The average molecular weight is 573 g/mol. The van der Waals surface area contributed by atoms with E-state index in [0.717, 1.165) is 0 Å². The second-order valence-electron chi connectivity index (χ2n) is 12.9. The highest BCUT2D eigenvalue weighted by Crippen LogP contribution is 2.43. The van der Waals surface area contributed by atoms with Crippen molar-refractivity contribution >= 4 is 0 Å². The third-order valence-electron chi connectivity index (χ3n) is 7.78. The first-order chi connectivity index (χ1) is 18.7. The van der Waals surface area contributed by atoms with Gasteiger partial charge in [0, 0.05) is 0 Å². The van der Waals surface area contributed by atoms with E-state index >= 15 is 0 Å². The molecule has 6 aliphatic heterocycles. The predicted molar refractivity (Wildman–Crippen MR) is 136 cm³/mol. The Kier molecular flexibility index (Phi) is 7.67. The largest absolute Gasteiger partial charge is 0.368 e. The summed E-state index contributed by atoms with van der Waals surface area (Å²) in [7, 11) is 0. The summed E-state index contributed by atoms with van der Waals surface area (Å²) < 4.78 is 72.8. The Bertz CT molecular complexity index is 876. The van der Waals surface area contributed by atoms with Crippen molar-refractivity contribution in [3.05, 3.63) is 12.2 Å². The fraction of sp³-hybridized carbons (Fsp3) is 0.929. The molecular weight excluding hydrogens is 528 g/mol. The van der Waals surface area contributed by atoms with E-state index in [0.29, 0.717) is 26.4 Å².